The van der Waals surface area contributed by atoms with Gasteiger partial charge in [-0.2, -0.15) is 0 Å². The highest BCUT2D eigenvalue weighted by Crippen LogP contribution is 2.11. The van der Waals surface area contributed by atoms with Crippen molar-refractivity contribution in [3.05, 3.63) is 0 Å². The Labute approximate surface area is 252 Å². The third-order valence-electron chi connectivity index (χ3n) is 5.90. The summed E-state index contributed by atoms with van der Waals surface area (Å²) >= 11 is 5.90. The van der Waals surface area contributed by atoms with Crippen LogP contribution in [0.25, 0.3) is 0 Å². The third-order valence-corrected chi connectivity index (χ3v) is 6.25. The van der Waals surface area contributed by atoms with Gasteiger partial charge in [-0.15, -0.1) is 11.6 Å². The fraction of sp³-hybridized carbons (Fsp3) is 0.897. The molecule has 1 unspecified atom stereocenters. The third kappa shape index (κ3) is 19.3. The lowest BCUT2D eigenvalue weighted by Crippen LogP contribution is -2.50. The maximum atomic E-state index is 12.7. The van der Waals surface area contributed by atoms with Gasteiger partial charge in [0, 0.05) is 64.8 Å². The smallest absolute Gasteiger partial charge is 0.320 e. The molecule has 1 fully saturated rings. The van der Waals surface area contributed by atoms with Gasteiger partial charge in [-0.1, -0.05) is 0 Å². The highest BCUT2D eigenvalue weighted by Gasteiger charge is 2.25. The van der Waals surface area contributed by atoms with Gasteiger partial charge in [-0.25, -0.2) is 0 Å². The van der Waals surface area contributed by atoms with Gasteiger partial charge >= 0.3 is 17.9 Å². The number of alkyl halides is 1. The van der Waals surface area contributed by atoms with E-state index in [1.165, 1.54) is 0 Å². The van der Waals surface area contributed by atoms with Crippen molar-refractivity contribution in [1.29, 1.82) is 0 Å². The van der Waals surface area contributed by atoms with Crippen molar-refractivity contribution in [1.82, 2.24) is 19.6 Å². The van der Waals surface area contributed by atoms with Crippen molar-refractivity contribution in [2.24, 2.45) is 0 Å². The van der Waals surface area contributed by atoms with Gasteiger partial charge in [0.15, 0.2) is 0 Å². The van der Waals surface area contributed by atoms with E-state index in [9.17, 15) is 19.5 Å². The number of hydrogen-bond donors (Lipinski definition) is 1. The van der Waals surface area contributed by atoms with Crippen molar-refractivity contribution in [2.45, 2.75) is 85.2 Å². The minimum atomic E-state index is -0.701. The maximum Gasteiger partial charge on any atom is 0.320 e. The van der Waals surface area contributed by atoms with Crippen LogP contribution in [-0.4, -0.2) is 150 Å². The van der Waals surface area contributed by atoms with Crippen LogP contribution in [0, 0.1) is 0 Å². The van der Waals surface area contributed by atoms with E-state index in [0.29, 0.717) is 58.9 Å². The molecule has 11 nitrogen and oxygen atoms in total. The standard InChI is InChI=1S/C29H55ClN4O7/c1-27(2,3)39-24(36)20-32-12-10-31(19-23(35)18-30)11-13-33(21-25(37)40-28(4,5)6)15-17-34(16-14-32)22-26(38)41-29(7,8)9/h23,35H,10-22H2,1-9H3. The molecule has 1 saturated heterocycles. The summed E-state index contributed by atoms with van der Waals surface area (Å²) in [6.07, 6.45) is -0.701. The molecular weight excluding hydrogens is 552 g/mol. The Morgan fingerprint density at radius 1 is 0.585 bits per heavy atom. The lowest BCUT2D eigenvalue weighted by molar-refractivity contribution is -0.158. The Balaban J connectivity index is 3.15. The summed E-state index contributed by atoms with van der Waals surface area (Å²) < 4.78 is 16.7. The Hall–Kier alpha value is -1.50. The average Bonchev–Trinajstić information content (AvgIpc) is 2.76. The Morgan fingerprint density at radius 3 is 1.05 bits per heavy atom. The molecule has 0 aliphatic carbocycles. The second-order valence-corrected chi connectivity index (χ2v) is 14.0. The minimum absolute atomic E-state index is 0.0892. The molecule has 240 valence electrons. The lowest BCUT2D eigenvalue weighted by Gasteiger charge is -2.34. The van der Waals surface area contributed by atoms with Gasteiger partial charge in [0.2, 0.25) is 0 Å². The van der Waals surface area contributed by atoms with Gasteiger partial charge in [0.1, 0.15) is 16.8 Å². The number of ether oxygens (including phenoxy) is 3. The topological polar surface area (TPSA) is 112 Å². The van der Waals surface area contributed by atoms with Gasteiger partial charge < -0.3 is 19.3 Å². The highest BCUT2D eigenvalue weighted by atomic mass is 35.5. The van der Waals surface area contributed by atoms with Crippen molar-refractivity contribution in [3.8, 4) is 0 Å². The van der Waals surface area contributed by atoms with Gasteiger partial charge in [0.05, 0.1) is 25.7 Å². The number of esters is 3. The number of carbonyl (C=O) groups excluding carboxylic acids is 3. The summed E-state index contributed by atoms with van der Waals surface area (Å²) in [5.41, 5.74) is -1.80. The summed E-state index contributed by atoms with van der Waals surface area (Å²) in [7, 11) is 0. The first-order valence-electron chi connectivity index (χ1n) is 14.5. The average molecular weight is 607 g/mol. The first-order chi connectivity index (χ1) is 18.7. The lowest BCUT2D eigenvalue weighted by atomic mass is 10.2. The molecule has 1 aliphatic rings. The van der Waals surface area contributed by atoms with Crippen LogP contribution in [0.15, 0.2) is 0 Å². The van der Waals surface area contributed by atoms with Crippen LogP contribution in [0.4, 0.5) is 0 Å². The highest BCUT2D eigenvalue weighted by molar-refractivity contribution is 6.18. The summed E-state index contributed by atoms with van der Waals surface area (Å²) in [6.45, 7) is 21.5. The van der Waals surface area contributed by atoms with E-state index >= 15 is 0 Å². The fourth-order valence-corrected chi connectivity index (χ4v) is 4.35. The first-order valence-corrected chi connectivity index (χ1v) is 15.1. The number of aliphatic hydroxyl groups excluding tert-OH is 1. The summed E-state index contributed by atoms with van der Waals surface area (Å²) in [4.78, 5) is 46.2. The van der Waals surface area contributed by atoms with Gasteiger partial charge in [0.25, 0.3) is 0 Å². The molecule has 41 heavy (non-hydrogen) atoms. The molecule has 0 radical (unpaired) electrons. The van der Waals surface area contributed by atoms with E-state index in [1.54, 1.807) is 0 Å². The van der Waals surface area contributed by atoms with Crippen molar-refractivity contribution in [2.75, 3.05) is 84.4 Å². The van der Waals surface area contributed by atoms with Crippen LogP contribution in [-0.2, 0) is 28.6 Å². The summed E-state index contributed by atoms with van der Waals surface area (Å²) in [5, 5.41) is 10.3. The van der Waals surface area contributed by atoms with E-state index in [-0.39, 0.29) is 43.4 Å². The Bertz CT molecular complexity index is 777. The van der Waals surface area contributed by atoms with Gasteiger partial charge in [-0.05, 0) is 62.3 Å². The zero-order valence-corrected chi connectivity index (χ0v) is 27.6. The van der Waals surface area contributed by atoms with E-state index in [2.05, 4.69) is 4.90 Å². The molecule has 0 bridgehead atoms. The largest absolute Gasteiger partial charge is 0.459 e. The SMILES string of the molecule is CC(C)(C)OC(=O)CN1CCN(CC(=O)OC(C)(C)C)CCN(CC(O)CCl)CCN(CC(=O)OC(C)(C)C)CC1. The summed E-state index contributed by atoms with van der Waals surface area (Å²) in [5.74, 6) is -0.860. The number of β-amino-alcohol motifs (C(OH)–C–C–N with tert-alkyl or cyclic N) is 1. The number of hydrogen-bond acceptors (Lipinski definition) is 11. The van der Waals surface area contributed by atoms with E-state index < -0.39 is 22.9 Å². The Kier molecular flexibility index (Phi) is 15.5. The number of rotatable bonds is 9. The zero-order valence-electron chi connectivity index (χ0n) is 26.8. The van der Waals surface area contributed by atoms with Crippen molar-refractivity contribution < 1.29 is 33.7 Å². The molecule has 0 spiro atoms. The molecule has 0 aromatic heterocycles. The monoisotopic (exact) mass is 606 g/mol. The molecule has 12 heteroatoms. The Morgan fingerprint density at radius 2 is 0.829 bits per heavy atom. The van der Waals surface area contributed by atoms with E-state index in [4.69, 9.17) is 25.8 Å². The maximum absolute atomic E-state index is 12.7. The predicted molar refractivity (Wildman–Crippen MR) is 160 cm³/mol. The predicted octanol–water partition coefficient (Wildman–Crippen LogP) is 1.83. The van der Waals surface area contributed by atoms with Crippen LogP contribution >= 0.6 is 11.6 Å². The second kappa shape index (κ2) is 17.0. The minimum Gasteiger partial charge on any atom is -0.459 e. The number of aliphatic hydroxyl groups is 1. The normalized spacial score (nSPS) is 19.1. The molecule has 1 heterocycles. The molecule has 0 saturated carbocycles. The molecule has 0 aromatic rings. The molecule has 1 N–H and O–H groups in total. The van der Waals surface area contributed by atoms with Crippen LogP contribution in [0.3, 0.4) is 0 Å². The number of nitrogens with zero attached hydrogens (tertiary/aromatic N) is 4. The first kappa shape index (κ1) is 37.5. The fourth-order valence-electron chi connectivity index (χ4n) is 4.25. The molecule has 0 aromatic carbocycles. The van der Waals surface area contributed by atoms with Crippen molar-refractivity contribution in [3.63, 3.8) is 0 Å². The van der Waals surface area contributed by atoms with E-state index in [1.807, 2.05) is 77.0 Å². The van der Waals surface area contributed by atoms with E-state index in [0.717, 1.165) is 0 Å². The zero-order chi connectivity index (χ0) is 31.4. The van der Waals surface area contributed by atoms with Crippen LogP contribution < -0.4 is 0 Å². The number of carbonyl (C=O) groups is 3. The summed E-state index contributed by atoms with van der Waals surface area (Å²) in [6, 6.07) is 0. The van der Waals surface area contributed by atoms with Crippen LogP contribution in [0.2, 0.25) is 0 Å². The van der Waals surface area contributed by atoms with Crippen molar-refractivity contribution >= 4 is 29.5 Å². The molecule has 1 aliphatic heterocycles. The quantitative estimate of drug-likeness (QED) is 0.236. The second-order valence-electron chi connectivity index (χ2n) is 13.7. The van der Waals surface area contributed by atoms with Crippen LogP contribution in [0.5, 0.6) is 0 Å². The molecule has 1 atom stereocenters. The molecule has 0 amide bonds. The van der Waals surface area contributed by atoms with Gasteiger partial charge in [-0.3, -0.25) is 34.0 Å². The molecule has 1 rings (SSSR count). The van der Waals surface area contributed by atoms with Crippen LogP contribution in [0.1, 0.15) is 62.3 Å². The number of halogens is 1. The molecular formula is C29H55ClN4O7.